The molecule has 148 valence electrons. The summed E-state index contributed by atoms with van der Waals surface area (Å²) in [5, 5.41) is 14.1. The molecule has 3 rings (SSSR count). The van der Waals surface area contributed by atoms with Gasteiger partial charge in [0.2, 0.25) is 0 Å². The van der Waals surface area contributed by atoms with Gasteiger partial charge in [0.25, 0.3) is 0 Å². The maximum Gasteiger partial charge on any atom is 0.422 e. The summed E-state index contributed by atoms with van der Waals surface area (Å²) in [5.74, 6) is -0.325. The van der Waals surface area contributed by atoms with Gasteiger partial charge in [-0.3, -0.25) is 10.4 Å². The Morgan fingerprint density at radius 3 is 2.57 bits per heavy atom. The van der Waals surface area contributed by atoms with E-state index in [4.69, 9.17) is 0 Å². The highest BCUT2D eigenvalue weighted by Gasteiger charge is 2.38. The lowest BCUT2D eigenvalue weighted by atomic mass is 10.1. The van der Waals surface area contributed by atoms with Crippen LogP contribution in [0.15, 0.2) is 36.5 Å². The van der Waals surface area contributed by atoms with Crippen LogP contribution < -0.4 is 16.0 Å². The van der Waals surface area contributed by atoms with Crippen molar-refractivity contribution in [1.82, 2.24) is 20.5 Å². The molecular formula is C18H19F3N6O. The Balaban J connectivity index is 1.89. The van der Waals surface area contributed by atoms with Crippen molar-refractivity contribution in [1.29, 1.82) is 0 Å². The minimum absolute atomic E-state index is 0.192. The smallest absolute Gasteiger partial charge is 0.368 e. The molecule has 0 saturated heterocycles. The molecule has 0 spiro atoms. The number of nitrogens with one attached hydrogen (secondary N) is 4. The monoisotopic (exact) mass is 392 g/mol. The number of hydrogen-bond acceptors (Lipinski definition) is 4. The minimum Gasteiger partial charge on any atom is -0.368 e. The minimum atomic E-state index is -4.74. The molecule has 0 aliphatic carbocycles. The van der Waals surface area contributed by atoms with Crippen LogP contribution in [0.2, 0.25) is 0 Å². The second-order valence-corrected chi connectivity index (χ2v) is 6.10. The summed E-state index contributed by atoms with van der Waals surface area (Å²) in [7, 11) is 0. The molecule has 0 aliphatic rings. The molecule has 0 radical (unpaired) electrons. The number of aromatic nitrogens is 3. The lowest BCUT2D eigenvalue weighted by Crippen LogP contribution is -2.32. The third-order valence-corrected chi connectivity index (χ3v) is 4.12. The number of anilines is 2. The summed E-state index contributed by atoms with van der Waals surface area (Å²) >= 11 is 0. The lowest BCUT2D eigenvalue weighted by molar-refractivity contribution is -0.135. The van der Waals surface area contributed by atoms with Gasteiger partial charge in [0.05, 0.1) is 16.9 Å². The molecule has 0 aliphatic heterocycles. The molecular weight excluding hydrogens is 373 g/mol. The summed E-state index contributed by atoms with van der Waals surface area (Å²) in [6, 6.07) is 7.88. The number of hydrogen-bond donors (Lipinski definition) is 4. The number of fused-ring (bicyclic) bond motifs is 1. The number of H-pyrrole nitrogens is 1. The van der Waals surface area contributed by atoms with E-state index >= 15 is 0 Å². The SMILES string of the molecule is CCNc1n[nH]c2c(C(F)(F)F)c(NC(=O)NC(C)c3ccccc3)ncc12. The molecule has 2 aromatic heterocycles. The number of halogens is 3. The van der Waals surface area contributed by atoms with Crippen LogP contribution in [-0.2, 0) is 6.18 Å². The molecule has 3 aromatic rings. The molecule has 1 atom stereocenters. The van der Waals surface area contributed by atoms with E-state index in [9.17, 15) is 18.0 Å². The highest BCUT2D eigenvalue weighted by atomic mass is 19.4. The van der Waals surface area contributed by atoms with Crippen LogP contribution in [0.4, 0.5) is 29.6 Å². The highest BCUT2D eigenvalue weighted by Crippen LogP contribution is 2.39. The van der Waals surface area contributed by atoms with Crippen LogP contribution in [0.3, 0.4) is 0 Å². The average Bonchev–Trinajstić information content (AvgIpc) is 3.04. The number of benzene rings is 1. The number of aromatic amines is 1. The van der Waals surface area contributed by atoms with E-state index in [1.165, 1.54) is 6.20 Å². The first-order valence-electron chi connectivity index (χ1n) is 8.61. The molecule has 2 heterocycles. The predicted octanol–water partition coefficient (Wildman–Crippen LogP) is 4.29. The van der Waals surface area contributed by atoms with E-state index < -0.39 is 29.6 Å². The molecule has 0 bridgehead atoms. The first-order valence-corrected chi connectivity index (χ1v) is 8.61. The Hall–Kier alpha value is -3.30. The van der Waals surface area contributed by atoms with Gasteiger partial charge in [0.1, 0.15) is 11.4 Å². The zero-order valence-corrected chi connectivity index (χ0v) is 15.2. The molecule has 7 nitrogen and oxygen atoms in total. The third kappa shape index (κ3) is 4.00. The number of alkyl halides is 3. The first-order chi connectivity index (χ1) is 13.3. The molecule has 4 N–H and O–H groups in total. The third-order valence-electron chi connectivity index (χ3n) is 4.12. The number of nitrogens with zero attached hydrogens (tertiary/aromatic N) is 2. The van der Waals surface area contributed by atoms with Crippen molar-refractivity contribution in [2.45, 2.75) is 26.1 Å². The van der Waals surface area contributed by atoms with Crippen molar-refractivity contribution in [2.75, 3.05) is 17.2 Å². The standard InChI is InChI=1S/C18H19F3N6O/c1-3-22-15-12-9-23-16(13(18(19,20)21)14(12)26-27-15)25-17(28)24-10(2)11-7-5-4-6-8-11/h4-10H,3H2,1-2H3,(H2,22,26,27)(H2,23,24,25,28). The number of carbonyl (C=O) groups excluding carboxylic acids is 1. The van der Waals surface area contributed by atoms with Gasteiger partial charge in [0.15, 0.2) is 5.82 Å². The van der Waals surface area contributed by atoms with Crippen LogP contribution in [0.1, 0.15) is 31.0 Å². The second-order valence-electron chi connectivity index (χ2n) is 6.10. The van der Waals surface area contributed by atoms with Gasteiger partial charge in [-0.25, -0.2) is 9.78 Å². The van der Waals surface area contributed by atoms with Crippen molar-refractivity contribution in [2.24, 2.45) is 0 Å². The van der Waals surface area contributed by atoms with E-state index in [0.29, 0.717) is 6.54 Å². The average molecular weight is 392 g/mol. The van der Waals surface area contributed by atoms with Crippen molar-refractivity contribution in [3.8, 4) is 0 Å². The molecule has 1 aromatic carbocycles. The van der Waals surface area contributed by atoms with Crippen LogP contribution in [0, 0.1) is 0 Å². The molecule has 10 heteroatoms. The van der Waals surface area contributed by atoms with Gasteiger partial charge >= 0.3 is 12.2 Å². The number of rotatable bonds is 5. The zero-order chi connectivity index (χ0) is 20.3. The number of carbonyl (C=O) groups is 1. The van der Waals surface area contributed by atoms with Gasteiger partial charge in [-0.15, -0.1) is 0 Å². The Morgan fingerprint density at radius 2 is 1.93 bits per heavy atom. The van der Waals surface area contributed by atoms with Gasteiger partial charge in [0, 0.05) is 12.7 Å². The van der Waals surface area contributed by atoms with Crippen LogP contribution >= 0.6 is 0 Å². The summed E-state index contributed by atoms with van der Waals surface area (Å²) in [5.41, 5.74) is -0.505. The quantitative estimate of drug-likeness (QED) is 0.521. The molecule has 2 amide bonds. The fraction of sp³-hybridized carbons (Fsp3) is 0.278. The second kappa shape index (κ2) is 7.75. The molecule has 0 saturated carbocycles. The zero-order valence-electron chi connectivity index (χ0n) is 15.2. The summed E-state index contributed by atoms with van der Waals surface area (Å²) in [4.78, 5) is 16.1. The number of pyridine rings is 1. The Morgan fingerprint density at radius 1 is 1.21 bits per heavy atom. The number of amides is 2. The van der Waals surface area contributed by atoms with Gasteiger partial charge < -0.3 is 10.6 Å². The van der Waals surface area contributed by atoms with E-state index in [0.717, 1.165) is 5.56 Å². The van der Waals surface area contributed by atoms with Crippen LogP contribution in [-0.4, -0.2) is 27.8 Å². The number of urea groups is 1. The summed E-state index contributed by atoms with van der Waals surface area (Å²) < 4.78 is 41.0. The topological polar surface area (TPSA) is 94.7 Å². The summed E-state index contributed by atoms with van der Waals surface area (Å²) in [6.07, 6.45) is -3.50. The lowest BCUT2D eigenvalue weighted by Gasteiger charge is -2.17. The fourth-order valence-corrected chi connectivity index (χ4v) is 2.82. The summed E-state index contributed by atoms with van der Waals surface area (Å²) in [6.45, 7) is 4.02. The van der Waals surface area contributed by atoms with Crippen LogP contribution in [0.5, 0.6) is 0 Å². The van der Waals surface area contributed by atoms with Gasteiger partial charge in [-0.1, -0.05) is 30.3 Å². The highest BCUT2D eigenvalue weighted by molar-refractivity contribution is 5.97. The van der Waals surface area contributed by atoms with Crippen molar-refractivity contribution < 1.29 is 18.0 Å². The van der Waals surface area contributed by atoms with E-state index in [-0.39, 0.29) is 16.7 Å². The maximum atomic E-state index is 13.7. The Kier molecular flexibility index (Phi) is 5.39. The van der Waals surface area contributed by atoms with Gasteiger partial charge in [-0.05, 0) is 19.4 Å². The predicted molar refractivity (Wildman–Crippen MR) is 100 cm³/mol. The van der Waals surface area contributed by atoms with Crippen molar-refractivity contribution in [3.63, 3.8) is 0 Å². The van der Waals surface area contributed by atoms with Crippen LogP contribution in [0.25, 0.3) is 10.9 Å². The normalized spacial score (nSPS) is 12.6. The van der Waals surface area contributed by atoms with Crippen molar-refractivity contribution >= 4 is 28.6 Å². The molecule has 0 fully saturated rings. The van der Waals surface area contributed by atoms with E-state index in [2.05, 4.69) is 31.1 Å². The maximum absolute atomic E-state index is 13.7. The van der Waals surface area contributed by atoms with E-state index in [1.54, 1.807) is 13.8 Å². The first kappa shape index (κ1) is 19.5. The van der Waals surface area contributed by atoms with Crippen molar-refractivity contribution in [3.05, 3.63) is 47.7 Å². The Bertz CT molecular complexity index is 971. The molecule has 28 heavy (non-hydrogen) atoms. The van der Waals surface area contributed by atoms with E-state index in [1.807, 2.05) is 30.3 Å². The van der Waals surface area contributed by atoms with Gasteiger partial charge in [-0.2, -0.15) is 18.3 Å². The Labute approximate surface area is 158 Å². The molecule has 1 unspecified atom stereocenters. The fourth-order valence-electron chi connectivity index (χ4n) is 2.82. The largest absolute Gasteiger partial charge is 0.422 e.